The molecular weight excluding hydrogens is 249 g/mol. The summed E-state index contributed by atoms with van der Waals surface area (Å²) in [7, 11) is 0. The standard InChI is InChI=1S/C11H21F3N2S/c1-9(2)8-16(10(3,4)7-15-9)5-6-17-11(12,13)14/h15H,5-8H2,1-4H3. The molecule has 0 bridgehead atoms. The normalized spacial score (nSPS) is 24.9. The summed E-state index contributed by atoms with van der Waals surface area (Å²) in [4.78, 5) is 2.14. The van der Waals surface area contributed by atoms with Crippen LogP contribution < -0.4 is 5.32 Å². The Kier molecular flexibility index (Phi) is 4.42. The second kappa shape index (κ2) is 4.97. The van der Waals surface area contributed by atoms with Crippen molar-refractivity contribution in [2.75, 3.05) is 25.4 Å². The molecule has 0 spiro atoms. The molecule has 0 aliphatic carbocycles. The van der Waals surface area contributed by atoms with Gasteiger partial charge in [0.15, 0.2) is 0 Å². The van der Waals surface area contributed by atoms with Gasteiger partial charge < -0.3 is 5.32 Å². The van der Waals surface area contributed by atoms with Gasteiger partial charge in [-0.25, -0.2) is 0 Å². The van der Waals surface area contributed by atoms with Gasteiger partial charge in [-0.3, -0.25) is 4.90 Å². The molecule has 0 aromatic rings. The van der Waals surface area contributed by atoms with Gasteiger partial charge in [0.25, 0.3) is 0 Å². The summed E-state index contributed by atoms with van der Waals surface area (Å²) in [6.07, 6.45) is 0. The molecule has 1 aliphatic heterocycles. The van der Waals surface area contributed by atoms with Gasteiger partial charge in [-0.2, -0.15) is 13.2 Å². The summed E-state index contributed by atoms with van der Waals surface area (Å²) in [5.74, 6) is 0.100. The first-order chi connectivity index (χ1) is 7.52. The second-order valence-electron chi connectivity index (χ2n) is 5.77. The van der Waals surface area contributed by atoms with E-state index >= 15 is 0 Å². The molecule has 0 aromatic carbocycles. The van der Waals surface area contributed by atoms with Crippen molar-refractivity contribution >= 4 is 11.8 Å². The predicted molar refractivity (Wildman–Crippen MR) is 66.2 cm³/mol. The van der Waals surface area contributed by atoms with Gasteiger partial charge in [-0.15, -0.1) is 0 Å². The monoisotopic (exact) mass is 270 g/mol. The number of halogens is 3. The zero-order chi connectivity index (χ0) is 13.3. The molecule has 1 aliphatic rings. The number of alkyl halides is 3. The third-order valence-electron chi connectivity index (χ3n) is 3.07. The fourth-order valence-corrected chi connectivity index (χ4v) is 2.51. The number of thioether (sulfide) groups is 1. The molecule has 102 valence electrons. The molecule has 0 radical (unpaired) electrons. The lowest BCUT2D eigenvalue weighted by Crippen LogP contribution is -2.66. The lowest BCUT2D eigenvalue weighted by molar-refractivity contribution is -0.0332. The Morgan fingerprint density at radius 3 is 2.35 bits per heavy atom. The Morgan fingerprint density at radius 1 is 1.24 bits per heavy atom. The SMILES string of the molecule is CC1(C)CN(CCSC(F)(F)F)C(C)(C)CN1. The fraction of sp³-hybridized carbons (Fsp3) is 1.00. The number of piperazine rings is 1. The Morgan fingerprint density at radius 2 is 1.82 bits per heavy atom. The molecule has 6 heteroatoms. The topological polar surface area (TPSA) is 15.3 Å². The molecule has 0 saturated carbocycles. The van der Waals surface area contributed by atoms with E-state index < -0.39 is 5.51 Å². The van der Waals surface area contributed by atoms with Crippen molar-refractivity contribution in [3.63, 3.8) is 0 Å². The average Bonchev–Trinajstić information content (AvgIpc) is 2.10. The molecule has 17 heavy (non-hydrogen) atoms. The zero-order valence-electron chi connectivity index (χ0n) is 10.8. The third kappa shape index (κ3) is 5.06. The highest BCUT2D eigenvalue weighted by molar-refractivity contribution is 8.00. The molecular formula is C11H21F3N2S. The number of nitrogens with zero attached hydrogens (tertiary/aromatic N) is 1. The maximum atomic E-state index is 12.1. The molecule has 0 aromatic heterocycles. The molecule has 2 nitrogen and oxygen atoms in total. The summed E-state index contributed by atoms with van der Waals surface area (Å²) in [6, 6.07) is 0. The van der Waals surface area contributed by atoms with E-state index in [1.165, 1.54) is 0 Å². The van der Waals surface area contributed by atoms with Crippen molar-refractivity contribution in [2.24, 2.45) is 0 Å². The molecule has 1 heterocycles. The van der Waals surface area contributed by atoms with Crippen LogP contribution in [0.5, 0.6) is 0 Å². The summed E-state index contributed by atoms with van der Waals surface area (Å²) in [5.41, 5.74) is -4.23. The van der Waals surface area contributed by atoms with Crippen LogP contribution in [0.15, 0.2) is 0 Å². The van der Waals surface area contributed by atoms with Crippen LogP contribution in [0.2, 0.25) is 0 Å². The van der Waals surface area contributed by atoms with E-state index in [2.05, 4.69) is 37.9 Å². The Labute approximate surface area is 105 Å². The van der Waals surface area contributed by atoms with Crippen LogP contribution in [0.25, 0.3) is 0 Å². The first kappa shape index (κ1) is 15.1. The van der Waals surface area contributed by atoms with E-state index in [4.69, 9.17) is 0 Å². The second-order valence-corrected chi connectivity index (χ2v) is 6.93. The van der Waals surface area contributed by atoms with Crippen molar-refractivity contribution in [1.29, 1.82) is 0 Å². The van der Waals surface area contributed by atoms with Crippen molar-refractivity contribution in [2.45, 2.75) is 44.3 Å². The Bertz CT molecular complexity index is 264. The number of hydrogen-bond acceptors (Lipinski definition) is 3. The van der Waals surface area contributed by atoms with Crippen LogP contribution in [0.3, 0.4) is 0 Å². The van der Waals surface area contributed by atoms with E-state index in [1.54, 1.807) is 0 Å². The third-order valence-corrected chi connectivity index (χ3v) is 3.78. The minimum atomic E-state index is -4.12. The lowest BCUT2D eigenvalue weighted by atomic mass is 9.92. The van der Waals surface area contributed by atoms with Crippen LogP contribution in [-0.2, 0) is 0 Å². The predicted octanol–water partition coefficient (Wildman–Crippen LogP) is 2.70. The van der Waals surface area contributed by atoms with Gasteiger partial charge in [-0.1, -0.05) is 0 Å². The fourth-order valence-electron chi connectivity index (χ4n) is 1.97. The largest absolute Gasteiger partial charge is 0.441 e. The highest BCUT2D eigenvalue weighted by atomic mass is 32.2. The molecule has 1 fully saturated rings. The number of hydrogen-bond donors (Lipinski definition) is 1. The maximum absolute atomic E-state index is 12.1. The molecule has 0 amide bonds. The number of nitrogens with one attached hydrogen (secondary N) is 1. The summed E-state index contributed by atoms with van der Waals surface area (Å²) >= 11 is 0.0660. The van der Waals surface area contributed by atoms with Crippen LogP contribution in [0.4, 0.5) is 13.2 Å². The maximum Gasteiger partial charge on any atom is 0.441 e. The molecule has 0 atom stereocenters. The highest BCUT2D eigenvalue weighted by Gasteiger charge is 2.38. The first-order valence-electron chi connectivity index (χ1n) is 5.73. The van der Waals surface area contributed by atoms with Crippen molar-refractivity contribution in [3.8, 4) is 0 Å². The Hall–Kier alpha value is 0.0600. The van der Waals surface area contributed by atoms with Gasteiger partial charge in [0.2, 0.25) is 0 Å². The van der Waals surface area contributed by atoms with Crippen molar-refractivity contribution in [1.82, 2.24) is 10.2 Å². The van der Waals surface area contributed by atoms with Crippen molar-refractivity contribution < 1.29 is 13.2 Å². The first-order valence-corrected chi connectivity index (χ1v) is 6.71. The minimum absolute atomic E-state index is 0.0293. The van der Waals surface area contributed by atoms with Crippen LogP contribution in [-0.4, -0.2) is 46.9 Å². The highest BCUT2D eigenvalue weighted by Crippen LogP contribution is 2.31. The quantitative estimate of drug-likeness (QED) is 0.849. The van der Waals surface area contributed by atoms with Gasteiger partial charge in [0.05, 0.1) is 0 Å². The Balaban J connectivity index is 2.49. The van der Waals surface area contributed by atoms with E-state index in [1.807, 2.05) is 0 Å². The molecule has 1 N–H and O–H groups in total. The summed E-state index contributed by atoms with van der Waals surface area (Å²) in [5, 5.41) is 3.41. The van der Waals surface area contributed by atoms with E-state index in [-0.39, 0.29) is 28.6 Å². The van der Waals surface area contributed by atoms with E-state index in [9.17, 15) is 13.2 Å². The molecule has 1 rings (SSSR count). The lowest BCUT2D eigenvalue weighted by Gasteiger charge is -2.49. The molecule has 0 unspecified atom stereocenters. The summed E-state index contributed by atoms with van der Waals surface area (Å²) < 4.78 is 36.3. The van der Waals surface area contributed by atoms with Gasteiger partial charge >= 0.3 is 5.51 Å². The molecule has 1 saturated heterocycles. The smallest absolute Gasteiger partial charge is 0.309 e. The average molecular weight is 270 g/mol. The van der Waals surface area contributed by atoms with Crippen molar-refractivity contribution in [3.05, 3.63) is 0 Å². The summed E-state index contributed by atoms with van der Waals surface area (Å²) in [6.45, 7) is 10.3. The van der Waals surface area contributed by atoms with E-state index in [0.717, 1.165) is 13.1 Å². The van der Waals surface area contributed by atoms with Crippen LogP contribution in [0.1, 0.15) is 27.7 Å². The van der Waals surface area contributed by atoms with Gasteiger partial charge in [0, 0.05) is 36.5 Å². The van der Waals surface area contributed by atoms with Gasteiger partial charge in [-0.05, 0) is 39.5 Å². The van der Waals surface area contributed by atoms with Crippen LogP contribution >= 0.6 is 11.8 Å². The number of rotatable bonds is 3. The van der Waals surface area contributed by atoms with E-state index in [0.29, 0.717) is 6.54 Å². The zero-order valence-corrected chi connectivity index (χ0v) is 11.6. The van der Waals surface area contributed by atoms with Crippen LogP contribution in [0, 0.1) is 0 Å². The minimum Gasteiger partial charge on any atom is -0.309 e. The van der Waals surface area contributed by atoms with Gasteiger partial charge in [0.1, 0.15) is 0 Å².